The van der Waals surface area contributed by atoms with Gasteiger partial charge < -0.3 is 25.4 Å². The van der Waals surface area contributed by atoms with Crippen LogP contribution in [-0.4, -0.2) is 40.9 Å². The molecular formula is C19H21NO6. The van der Waals surface area contributed by atoms with Crippen molar-refractivity contribution in [2.24, 2.45) is 5.73 Å². The van der Waals surface area contributed by atoms with Gasteiger partial charge >= 0.3 is 11.9 Å². The topological polar surface area (TPSA) is 119 Å². The van der Waals surface area contributed by atoms with Crippen molar-refractivity contribution in [1.29, 1.82) is 0 Å². The van der Waals surface area contributed by atoms with E-state index in [0.29, 0.717) is 11.1 Å². The van der Waals surface area contributed by atoms with Crippen LogP contribution in [0, 0.1) is 0 Å². The first kappa shape index (κ1) is 19.3. The Bertz CT molecular complexity index is 762. The van der Waals surface area contributed by atoms with Gasteiger partial charge in [0.1, 0.15) is 18.8 Å². The molecule has 0 aromatic heterocycles. The van der Waals surface area contributed by atoms with Crippen LogP contribution in [0.25, 0.3) is 0 Å². The van der Waals surface area contributed by atoms with Gasteiger partial charge in [-0.2, -0.15) is 0 Å². The quantitative estimate of drug-likeness (QED) is 0.509. The number of benzene rings is 2. The monoisotopic (exact) mass is 359 g/mol. The third-order valence-corrected chi connectivity index (χ3v) is 3.58. The Morgan fingerprint density at radius 3 is 2.42 bits per heavy atom. The number of nitrogens with two attached hydrogens (primary N) is 1. The fraction of sp³-hybridized carbons (Fsp3) is 0.263. The summed E-state index contributed by atoms with van der Waals surface area (Å²) in [5.41, 5.74) is 6.78. The highest BCUT2D eigenvalue weighted by atomic mass is 16.6. The van der Waals surface area contributed by atoms with E-state index >= 15 is 0 Å². The molecule has 0 aliphatic rings. The van der Waals surface area contributed by atoms with E-state index in [1.165, 1.54) is 12.1 Å². The molecule has 0 heterocycles. The van der Waals surface area contributed by atoms with Crippen molar-refractivity contribution < 1.29 is 29.3 Å². The molecule has 0 radical (unpaired) electrons. The van der Waals surface area contributed by atoms with Gasteiger partial charge in [0.15, 0.2) is 11.5 Å². The van der Waals surface area contributed by atoms with Crippen LogP contribution in [0.5, 0.6) is 11.5 Å². The molecule has 2 aromatic carbocycles. The molecule has 0 aliphatic carbocycles. The second-order valence-electron chi connectivity index (χ2n) is 5.85. The minimum absolute atomic E-state index is 0.119. The Balaban J connectivity index is 1.79. The van der Waals surface area contributed by atoms with E-state index in [4.69, 9.17) is 15.2 Å². The normalized spacial score (nSPS) is 12.8. The maximum atomic E-state index is 12.0. The summed E-state index contributed by atoms with van der Waals surface area (Å²) < 4.78 is 10.3. The van der Waals surface area contributed by atoms with Crippen molar-refractivity contribution in [2.45, 2.75) is 25.5 Å². The predicted octanol–water partition coefficient (Wildman–Crippen LogP) is 1.76. The number of phenols is 2. The number of rotatable bonds is 7. The summed E-state index contributed by atoms with van der Waals surface area (Å²) in [6.45, 7) is 1.49. The van der Waals surface area contributed by atoms with Crippen LogP contribution in [0.15, 0.2) is 48.5 Å². The Morgan fingerprint density at radius 2 is 1.77 bits per heavy atom. The lowest BCUT2D eigenvalue weighted by Gasteiger charge is -2.16. The van der Waals surface area contributed by atoms with E-state index < -0.39 is 24.1 Å². The minimum Gasteiger partial charge on any atom is -0.504 e. The summed E-state index contributed by atoms with van der Waals surface area (Å²) in [6.07, 6.45) is -0.498. The molecular weight excluding hydrogens is 338 g/mol. The van der Waals surface area contributed by atoms with Gasteiger partial charge in [-0.1, -0.05) is 24.3 Å². The van der Waals surface area contributed by atoms with E-state index in [0.717, 1.165) is 0 Å². The molecule has 138 valence electrons. The largest absolute Gasteiger partial charge is 0.504 e. The zero-order chi connectivity index (χ0) is 19.1. The molecule has 0 saturated carbocycles. The van der Waals surface area contributed by atoms with Gasteiger partial charge in [0.25, 0.3) is 0 Å². The zero-order valence-electron chi connectivity index (χ0n) is 14.3. The molecule has 0 amide bonds. The minimum atomic E-state index is -0.948. The summed E-state index contributed by atoms with van der Waals surface area (Å²) in [5, 5.41) is 18.7. The Morgan fingerprint density at radius 1 is 1.08 bits per heavy atom. The van der Waals surface area contributed by atoms with Crippen LogP contribution in [0.2, 0.25) is 0 Å². The number of hydrogen-bond acceptors (Lipinski definition) is 7. The lowest BCUT2D eigenvalue weighted by Crippen LogP contribution is -2.36. The third kappa shape index (κ3) is 5.49. The summed E-state index contributed by atoms with van der Waals surface area (Å²) in [5.74, 6) is -1.69. The van der Waals surface area contributed by atoms with E-state index in [9.17, 15) is 19.8 Å². The van der Waals surface area contributed by atoms with Crippen LogP contribution < -0.4 is 5.73 Å². The Hall–Kier alpha value is -3.06. The van der Waals surface area contributed by atoms with Crippen molar-refractivity contribution in [3.8, 4) is 11.5 Å². The van der Waals surface area contributed by atoms with Gasteiger partial charge in [-0.3, -0.25) is 4.79 Å². The van der Waals surface area contributed by atoms with Crippen LogP contribution in [0.3, 0.4) is 0 Å². The first-order valence-electron chi connectivity index (χ1n) is 8.06. The van der Waals surface area contributed by atoms with Gasteiger partial charge in [-0.25, -0.2) is 4.79 Å². The predicted molar refractivity (Wildman–Crippen MR) is 93.7 cm³/mol. The molecule has 2 rings (SSSR count). The lowest BCUT2D eigenvalue weighted by molar-refractivity contribution is -0.148. The molecule has 7 nitrogen and oxygen atoms in total. The summed E-state index contributed by atoms with van der Waals surface area (Å²) in [4.78, 5) is 23.9. The Labute approximate surface area is 151 Å². The standard InChI is InChI=1S/C19H21NO6/c1-12(26-18(23)14-5-3-2-4-6-14)11-25-19(24)15(20)9-13-7-8-16(21)17(22)10-13/h2-8,10,12,15,21-22H,9,11,20H2,1H3/t12-,15+/m0/s1. The fourth-order valence-electron chi connectivity index (χ4n) is 2.20. The van der Waals surface area contributed by atoms with Gasteiger partial charge in [0.2, 0.25) is 0 Å². The number of hydrogen-bond donors (Lipinski definition) is 3. The summed E-state index contributed by atoms with van der Waals surface area (Å²) >= 11 is 0. The maximum Gasteiger partial charge on any atom is 0.338 e. The molecule has 0 saturated heterocycles. The molecule has 2 atom stereocenters. The number of ether oxygens (including phenoxy) is 2. The van der Waals surface area contributed by atoms with Crippen LogP contribution >= 0.6 is 0 Å². The molecule has 2 aromatic rings. The van der Waals surface area contributed by atoms with E-state index in [2.05, 4.69) is 0 Å². The molecule has 4 N–H and O–H groups in total. The second-order valence-corrected chi connectivity index (χ2v) is 5.85. The van der Waals surface area contributed by atoms with Gasteiger partial charge in [-0.05, 0) is 43.2 Å². The summed E-state index contributed by atoms with van der Waals surface area (Å²) in [7, 11) is 0. The molecule has 0 bridgehead atoms. The molecule has 0 fully saturated rings. The highest BCUT2D eigenvalue weighted by Crippen LogP contribution is 2.25. The number of esters is 2. The smallest absolute Gasteiger partial charge is 0.338 e. The number of aromatic hydroxyl groups is 2. The average molecular weight is 359 g/mol. The highest BCUT2D eigenvalue weighted by molar-refractivity contribution is 5.89. The van der Waals surface area contributed by atoms with Crippen molar-refractivity contribution in [3.05, 3.63) is 59.7 Å². The molecule has 0 aliphatic heterocycles. The second kappa shape index (κ2) is 8.87. The van der Waals surface area contributed by atoms with E-state index in [1.54, 1.807) is 43.3 Å². The zero-order valence-corrected chi connectivity index (χ0v) is 14.3. The average Bonchev–Trinajstić information content (AvgIpc) is 2.63. The van der Waals surface area contributed by atoms with Gasteiger partial charge in [0.05, 0.1) is 5.56 Å². The van der Waals surface area contributed by atoms with Crippen molar-refractivity contribution in [2.75, 3.05) is 6.61 Å². The lowest BCUT2D eigenvalue weighted by atomic mass is 10.1. The fourth-order valence-corrected chi connectivity index (χ4v) is 2.20. The molecule has 7 heteroatoms. The summed E-state index contributed by atoms with van der Waals surface area (Å²) in [6, 6.07) is 11.7. The van der Waals surface area contributed by atoms with Crippen LogP contribution in [0.1, 0.15) is 22.8 Å². The van der Waals surface area contributed by atoms with Crippen LogP contribution in [-0.2, 0) is 20.7 Å². The van der Waals surface area contributed by atoms with Gasteiger partial charge in [-0.15, -0.1) is 0 Å². The van der Waals surface area contributed by atoms with Crippen molar-refractivity contribution >= 4 is 11.9 Å². The van der Waals surface area contributed by atoms with Crippen molar-refractivity contribution in [1.82, 2.24) is 0 Å². The van der Waals surface area contributed by atoms with Gasteiger partial charge in [0, 0.05) is 0 Å². The SMILES string of the molecule is C[C@@H](COC(=O)[C@H](N)Cc1ccc(O)c(O)c1)OC(=O)c1ccccc1. The Kier molecular flexibility index (Phi) is 6.57. The number of carbonyl (C=O) groups is 2. The van der Waals surface area contributed by atoms with Crippen molar-refractivity contribution in [3.63, 3.8) is 0 Å². The molecule has 26 heavy (non-hydrogen) atoms. The highest BCUT2D eigenvalue weighted by Gasteiger charge is 2.19. The van der Waals surface area contributed by atoms with E-state index in [-0.39, 0.29) is 24.5 Å². The molecule has 0 unspecified atom stereocenters. The first-order chi connectivity index (χ1) is 12.4. The number of carbonyl (C=O) groups excluding carboxylic acids is 2. The van der Waals surface area contributed by atoms with E-state index in [1.807, 2.05) is 0 Å². The first-order valence-corrected chi connectivity index (χ1v) is 8.06. The number of phenolic OH excluding ortho intramolecular Hbond substituents is 2. The maximum absolute atomic E-state index is 12.0. The molecule has 0 spiro atoms. The van der Waals surface area contributed by atoms with Crippen LogP contribution in [0.4, 0.5) is 0 Å². The third-order valence-electron chi connectivity index (χ3n) is 3.58.